The summed E-state index contributed by atoms with van der Waals surface area (Å²) in [5, 5.41) is 0. The van der Waals surface area contributed by atoms with Crippen molar-refractivity contribution in [2.24, 2.45) is 5.73 Å². The van der Waals surface area contributed by atoms with Crippen molar-refractivity contribution in [3.8, 4) is 5.69 Å². The van der Waals surface area contributed by atoms with Gasteiger partial charge in [0, 0.05) is 30.2 Å². The van der Waals surface area contributed by atoms with Gasteiger partial charge < -0.3 is 10.3 Å². The number of hydrogen-bond acceptors (Lipinski definition) is 2. The quantitative estimate of drug-likeness (QED) is 0.772. The normalized spacial score (nSPS) is 16.9. The number of amides is 1. The fourth-order valence-corrected chi connectivity index (χ4v) is 4.30. The van der Waals surface area contributed by atoms with Crippen LogP contribution in [0.25, 0.3) is 5.69 Å². The predicted octanol–water partition coefficient (Wildman–Crippen LogP) is 3.68. The molecule has 1 aromatic heterocycles. The zero-order valence-corrected chi connectivity index (χ0v) is 15.9. The Balaban J connectivity index is 1.68. The van der Waals surface area contributed by atoms with E-state index >= 15 is 0 Å². The first-order valence-electron chi connectivity index (χ1n) is 9.40. The molecule has 1 aliphatic rings. The van der Waals surface area contributed by atoms with E-state index < -0.39 is 0 Å². The van der Waals surface area contributed by atoms with Crippen molar-refractivity contribution in [1.82, 2.24) is 9.47 Å². The highest BCUT2D eigenvalue weighted by atomic mass is 16.1. The van der Waals surface area contributed by atoms with Crippen molar-refractivity contribution in [2.75, 3.05) is 6.54 Å². The van der Waals surface area contributed by atoms with Gasteiger partial charge in [0.2, 0.25) is 5.91 Å². The van der Waals surface area contributed by atoms with E-state index in [1.807, 2.05) is 24.3 Å². The minimum absolute atomic E-state index is 0.279. The van der Waals surface area contributed by atoms with Gasteiger partial charge in [-0.3, -0.25) is 9.69 Å². The van der Waals surface area contributed by atoms with Gasteiger partial charge in [0.25, 0.3) is 0 Å². The van der Waals surface area contributed by atoms with Gasteiger partial charge in [-0.1, -0.05) is 42.5 Å². The van der Waals surface area contributed by atoms with Crippen LogP contribution in [-0.2, 0) is 17.8 Å². The molecule has 0 radical (unpaired) electrons. The Morgan fingerprint density at radius 3 is 2.52 bits per heavy atom. The minimum atomic E-state index is -0.366. The molecule has 0 fully saturated rings. The predicted molar refractivity (Wildman–Crippen MR) is 108 cm³/mol. The molecule has 1 atom stereocenters. The highest BCUT2D eigenvalue weighted by molar-refractivity contribution is 5.82. The summed E-state index contributed by atoms with van der Waals surface area (Å²) in [7, 11) is 0. The number of nitrogens with two attached hydrogens (primary N) is 1. The molecule has 4 rings (SSSR count). The largest absolute Gasteiger partial charge is 0.368 e. The molecule has 3 aromatic rings. The summed E-state index contributed by atoms with van der Waals surface area (Å²) in [6, 6.07) is 20.4. The number of rotatable bonds is 4. The Morgan fingerprint density at radius 1 is 1.07 bits per heavy atom. The monoisotopic (exact) mass is 359 g/mol. The van der Waals surface area contributed by atoms with Crippen molar-refractivity contribution in [2.45, 2.75) is 32.9 Å². The Labute approximate surface area is 160 Å². The second-order valence-corrected chi connectivity index (χ2v) is 7.29. The summed E-state index contributed by atoms with van der Waals surface area (Å²) in [5.74, 6) is -0.279. The summed E-state index contributed by atoms with van der Waals surface area (Å²) >= 11 is 0. The van der Waals surface area contributed by atoms with E-state index in [1.165, 1.54) is 22.5 Å². The van der Waals surface area contributed by atoms with E-state index in [9.17, 15) is 4.79 Å². The molecule has 2 heterocycles. The molecule has 1 unspecified atom stereocenters. The van der Waals surface area contributed by atoms with Crippen LogP contribution in [0.2, 0.25) is 0 Å². The third-order valence-corrected chi connectivity index (χ3v) is 5.58. The lowest BCUT2D eigenvalue weighted by molar-refractivity contribution is -0.124. The number of hydrogen-bond donors (Lipinski definition) is 1. The van der Waals surface area contributed by atoms with Crippen LogP contribution in [0, 0.1) is 13.8 Å². The maximum absolute atomic E-state index is 12.3. The highest BCUT2D eigenvalue weighted by Crippen LogP contribution is 2.32. The Hall–Kier alpha value is -2.85. The van der Waals surface area contributed by atoms with E-state index in [2.05, 4.69) is 59.7 Å². The van der Waals surface area contributed by atoms with E-state index in [0.717, 1.165) is 24.2 Å². The van der Waals surface area contributed by atoms with Crippen molar-refractivity contribution >= 4 is 5.91 Å². The molecule has 2 N–H and O–H groups in total. The summed E-state index contributed by atoms with van der Waals surface area (Å²) in [4.78, 5) is 14.5. The van der Waals surface area contributed by atoms with Crippen molar-refractivity contribution in [1.29, 1.82) is 0 Å². The molecule has 1 aliphatic heterocycles. The molecule has 0 saturated carbocycles. The highest BCUT2D eigenvalue weighted by Gasteiger charge is 2.31. The van der Waals surface area contributed by atoms with Crippen LogP contribution in [0.1, 0.15) is 34.1 Å². The smallest absolute Gasteiger partial charge is 0.239 e. The third kappa shape index (κ3) is 3.17. The molecule has 4 heteroatoms. The summed E-state index contributed by atoms with van der Waals surface area (Å²) in [5.41, 5.74) is 12.9. The van der Waals surface area contributed by atoms with E-state index in [-0.39, 0.29) is 11.9 Å². The minimum Gasteiger partial charge on any atom is -0.368 e. The number of para-hydroxylation sites is 1. The first-order chi connectivity index (χ1) is 13.1. The molecule has 0 aliphatic carbocycles. The van der Waals surface area contributed by atoms with Crippen LogP contribution in [0.3, 0.4) is 0 Å². The lowest BCUT2D eigenvalue weighted by Gasteiger charge is -2.35. The SMILES string of the molecule is Cc1cc(CN2CCc3ccccc3C2C(N)=O)c(C)n1-c1ccccc1. The molecule has 138 valence electrons. The van der Waals surface area contributed by atoms with Crippen LogP contribution in [-0.4, -0.2) is 21.9 Å². The van der Waals surface area contributed by atoms with Crippen LogP contribution in [0.15, 0.2) is 60.7 Å². The molecule has 27 heavy (non-hydrogen) atoms. The number of aromatic nitrogens is 1. The van der Waals surface area contributed by atoms with Crippen molar-refractivity contribution in [3.05, 3.63) is 88.7 Å². The van der Waals surface area contributed by atoms with Gasteiger partial charge >= 0.3 is 0 Å². The van der Waals surface area contributed by atoms with Gasteiger partial charge in [-0.2, -0.15) is 0 Å². The molecule has 0 saturated heterocycles. The summed E-state index contributed by atoms with van der Waals surface area (Å²) in [6.07, 6.45) is 0.942. The van der Waals surface area contributed by atoms with Crippen molar-refractivity contribution < 1.29 is 4.79 Å². The van der Waals surface area contributed by atoms with Gasteiger partial charge in [0.15, 0.2) is 0 Å². The first-order valence-corrected chi connectivity index (χ1v) is 9.40. The topological polar surface area (TPSA) is 51.3 Å². The summed E-state index contributed by atoms with van der Waals surface area (Å²) in [6.45, 7) is 5.82. The van der Waals surface area contributed by atoms with Crippen LogP contribution in [0.4, 0.5) is 0 Å². The Bertz CT molecular complexity index is 975. The molecular formula is C23H25N3O. The van der Waals surface area contributed by atoms with Crippen LogP contribution in [0.5, 0.6) is 0 Å². The second kappa shape index (κ2) is 7.05. The molecule has 0 bridgehead atoms. The van der Waals surface area contributed by atoms with Crippen LogP contribution >= 0.6 is 0 Å². The maximum Gasteiger partial charge on any atom is 0.239 e. The van der Waals surface area contributed by atoms with E-state index in [4.69, 9.17) is 5.73 Å². The lowest BCUT2D eigenvalue weighted by atomic mass is 9.92. The van der Waals surface area contributed by atoms with Crippen LogP contribution < -0.4 is 5.73 Å². The lowest BCUT2D eigenvalue weighted by Crippen LogP contribution is -2.42. The van der Waals surface area contributed by atoms with Gasteiger partial charge in [0.05, 0.1) is 0 Å². The van der Waals surface area contributed by atoms with Crippen molar-refractivity contribution in [3.63, 3.8) is 0 Å². The molecular weight excluding hydrogens is 334 g/mol. The van der Waals surface area contributed by atoms with E-state index in [1.54, 1.807) is 0 Å². The Kier molecular flexibility index (Phi) is 4.58. The third-order valence-electron chi connectivity index (χ3n) is 5.58. The molecule has 2 aromatic carbocycles. The maximum atomic E-state index is 12.3. The Morgan fingerprint density at radius 2 is 1.78 bits per heavy atom. The second-order valence-electron chi connectivity index (χ2n) is 7.29. The zero-order chi connectivity index (χ0) is 19.0. The van der Waals surface area contributed by atoms with Gasteiger partial charge in [0.1, 0.15) is 6.04 Å². The first kappa shape index (κ1) is 17.6. The fraction of sp³-hybridized carbons (Fsp3) is 0.261. The van der Waals surface area contributed by atoms with Gasteiger partial charge in [-0.05, 0) is 55.2 Å². The van der Waals surface area contributed by atoms with E-state index in [0.29, 0.717) is 6.54 Å². The van der Waals surface area contributed by atoms with Gasteiger partial charge in [-0.15, -0.1) is 0 Å². The zero-order valence-electron chi connectivity index (χ0n) is 15.9. The number of fused-ring (bicyclic) bond motifs is 1. The van der Waals surface area contributed by atoms with Gasteiger partial charge in [-0.25, -0.2) is 0 Å². The molecule has 0 spiro atoms. The average Bonchev–Trinajstić information content (AvgIpc) is 2.95. The molecule has 1 amide bonds. The number of nitrogens with zero attached hydrogens (tertiary/aromatic N) is 2. The number of aryl methyl sites for hydroxylation is 1. The average molecular weight is 359 g/mol. The number of benzene rings is 2. The number of primary amides is 1. The standard InChI is InChI=1S/C23H25N3O/c1-16-14-19(17(2)26(16)20-9-4-3-5-10-20)15-25-13-12-18-8-6-7-11-21(18)22(25)23(24)27/h3-11,14,22H,12-13,15H2,1-2H3,(H2,24,27). The fourth-order valence-electron chi connectivity index (χ4n) is 4.30. The molecule has 4 nitrogen and oxygen atoms in total. The summed E-state index contributed by atoms with van der Waals surface area (Å²) < 4.78 is 2.27. The number of carbonyl (C=O) groups is 1. The number of carbonyl (C=O) groups excluding carboxylic acids is 1.